The van der Waals surface area contributed by atoms with Crippen molar-refractivity contribution in [3.05, 3.63) is 83.9 Å². The third kappa shape index (κ3) is 10.7. The van der Waals surface area contributed by atoms with Gasteiger partial charge in [0.1, 0.15) is 13.2 Å². The van der Waals surface area contributed by atoms with E-state index in [0.717, 1.165) is 24.8 Å². The highest BCUT2D eigenvalue weighted by Crippen LogP contribution is 2.37. The van der Waals surface area contributed by atoms with Gasteiger partial charge < -0.3 is 29.2 Å². The number of benzene rings is 3. The van der Waals surface area contributed by atoms with Crippen LogP contribution in [0.25, 0.3) is 21.9 Å². The number of rotatable bonds is 18. The van der Waals surface area contributed by atoms with Crippen LogP contribution < -0.4 is 0 Å². The van der Waals surface area contributed by atoms with E-state index in [4.69, 9.17) is 24.1 Å². The Morgan fingerprint density at radius 1 is 0.792 bits per heavy atom. The fourth-order valence-electron chi connectivity index (χ4n) is 6.04. The molecule has 3 aromatic carbocycles. The predicted molar refractivity (Wildman–Crippen MR) is 188 cm³/mol. The van der Waals surface area contributed by atoms with Crippen LogP contribution in [0.3, 0.4) is 0 Å². The summed E-state index contributed by atoms with van der Waals surface area (Å²) in [4.78, 5) is 24.1. The molecule has 0 radical (unpaired) electrons. The van der Waals surface area contributed by atoms with Crippen molar-refractivity contribution in [2.45, 2.75) is 83.8 Å². The molecule has 3 atom stereocenters. The quantitative estimate of drug-likeness (QED) is 0.0859. The van der Waals surface area contributed by atoms with Gasteiger partial charge in [-0.3, -0.25) is 4.79 Å². The number of unbranched alkanes of at least 4 members (excludes halogenated alkanes) is 2. The van der Waals surface area contributed by atoms with Crippen LogP contribution in [0.2, 0.25) is 0 Å². The molecule has 0 heterocycles. The van der Waals surface area contributed by atoms with Crippen LogP contribution in [0.5, 0.6) is 0 Å². The number of carbonyl (C=O) groups is 2. The van der Waals surface area contributed by atoms with Gasteiger partial charge >= 0.3 is 11.9 Å². The molecule has 2 N–H and O–H groups in total. The van der Waals surface area contributed by atoms with Crippen LogP contribution in [-0.2, 0) is 35.0 Å². The number of ether oxygens (including phenoxy) is 4. The van der Waals surface area contributed by atoms with Crippen molar-refractivity contribution < 1.29 is 38.7 Å². The van der Waals surface area contributed by atoms with Gasteiger partial charge in [0.25, 0.3) is 0 Å². The second-order valence-corrected chi connectivity index (χ2v) is 13.4. The molecule has 0 spiro atoms. The second kappa shape index (κ2) is 18.3. The summed E-state index contributed by atoms with van der Waals surface area (Å²) < 4.78 is 22.8. The molecular formula is C40H52O8. The Morgan fingerprint density at radius 2 is 1.42 bits per heavy atom. The van der Waals surface area contributed by atoms with Gasteiger partial charge in [0.05, 0.1) is 49.6 Å². The lowest BCUT2D eigenvalue weighted by atomic mass is 9.80. The standard InChI is InChI=1S/C40H52O8/c1-5-6-7-8-29-9-10-34-22-33(16-15-32(34)21-29)30-11-13-31(14-12-30)35-23-36(45-17-19-47-38(43)28(2)26-41)25-37(24-35)46-18-20-48-39(44)40(3,4)27-42/h9-16,21-22,35-37,41-42H,2,5-8,17-20,23-27H2,1,3-4H3. The van der Waals surface area contributed by atoms with Crippen molar-refractivity contribution in [1.29, 1.82) is 0 Å². The number of hydrogen-bond donors (Lipinski definition) is 2. The molecule has 0 amide bonds. The minimum Gasteiger partial charge on any atom is -0.463 e. The Morgan fingerprint density at radius 3 is 2.06 bits per heavy atom. The van der Waals surface area contributed by atoms with E-state index in [-0.39, 0.29) is 56.7 Å². The molecule has 4 rings (SSSR count). The lowest BCUT2D eigenvalue weighted by Crippen LogP contribution is -2.35. The molecule has 1 fully saturated rings. The zero-order valence-electron chi connectivity index (χ0n) is 28.7. The van der Waals surface area contributed by atoms with E-state index in [1.165, 1.54) is 46.7 Å². The molecule has 0 bridgehead atoms. The number of aryl methyl sites for hydroxylation is 1. The molecule has 8 heteroatoms. The highest BCUT2D eigenvalue weighted by molar-refractivity contribution is 5.88. The first-order valence-corrected chi connectivity index (χ1v) is 17.2. The number of hydrogen-bond acceptors (Lipinski definition) is 8. The van der Waals surface area contributed by atoms with Gasteiger partial charge in [-0.15, -0.1) is 0 Å². The average molecular weight is 661 g/mol. The average Bonchev–Trinajstić information content (AvgIpc) is 3.11. The molecule has 260 valence electrons. The van der Waals surface area contributed by atoms with Gasteiger partial charge in [0.2, 0.25) is 0 Å². The van der Waals surface area contributed by atoms with Crippen molar-refractivity contribution in [2.24, 2.45) is 5.41 Å². The van der Waals surface area contributed by atoms with Crippen LogP contribution in [0, 0.1) is 5.41 Å². The van der Waals surface area contributed by atoms with Crippen molar-refractivity contribution >= 4 is 22.7 Å². The van der Waals surface area contributed by atoms with Gasteiger partial charge in [0, 0.05) is 0 Å². The first kappa shape index (κ1) is 37.3. The Bertz CT molecular complexity index is 1490. The topological polar surface area (TPSA) is 112 Å². The van der Waals surface area contributed by atoms with E-state index in [0.29, 0.717) is 6.42 Å². The van der Waals surface area contributed by atoms with E-state index in [2.05, 4.69) is 74.2 Å². The van der Waals surface area contributed by atoms with Crippen LogP contribution in [0.15, 0.2) is 72.8 Å². The lowest BCUT2D eigenvalue weighted by Gasteiger charge is -2.35. The zero-order valence-corrected chi connectivity index (χ0v) is 28.7. The maximum absolute atomic E-state index is 12.2. The predicted octanol–water partition coefficient (Wildman–Crippen LogP) is 6.93. The van der Waals surface area contributed by atoms with E-state index in [9.17, 15) is 14.7 Å². The van der Waals surface area contributed by atoms with Crippen molar-refractivity contribution in [3.8, 4) is 11.1 Å². The highest BCUT2D eigenvalue weighted by atomic mass is 16.6. The molecule has 48 heavy (non-hydrogen) atoms. The Balaban J connectivity index is 1.40. The SMILES string of the molecule is C=C(CO)C(=O)OCCOC1CC(OCCOC(=O)C(C)(C)CO)CC(c2ccc(-c3ccc4cc(CCCCC)ccc4c3)cc2)C1. The lowest BCUT2D eigenvalue weighted by molar-refractivity contribution is -0.158. The highest BCUT2D eigenvalue weighted by Gasteiger charge is 2.32. The molecular weight excluding hydrogens is 608 g/mol. The van der Waals surface area contributed by atoms with Gasteiger partial charge in [0.15, 0.2) is 0 Å². The van der Waals surface area contributed by atoms with E-state index in [1.807, 2.05) is 0 Å². The summed E-state index contributed by atoms with van der Waals surface area (Å²) in [5.41, 5.74) is 3.96. The van der Waals surface area contributed by atoms with Gasteiger partial charge in [-0.2, -0.15) is 0 Å². The fourth-order valence-corrected chi connectivity index (χ4v) is 6.04. The number of aliphatic hydroxyl groups is 2. The Labute approximate surface area is 285 Å². The summed E-state index contributed by atoms with van der Waals surface area (Å²) >= 11 is 0. The van der Waals surface area contributed by atoms with Gasteiger partial charge in [-0.05, 0) is 91.0 Å². The van der Waals surface area contributed by atoms with Crippen LogP contribution in [0.4, 0.5) is 0 Å². The van der Waals surface area contributed by atoms with Gasteiger partial charge in [-0.25, -0.2) is 4.79 Å². The molecule has 1 aliphatic rings. The molecule has 3 unspecified atom stereocenters. The monoisotopic (exact) mass is 660 g/mol. The first-order chi connectivity index (χ1) is 23.1. The number of aliphatic hydroxyl groups excluding tert-OH is 2. The largest absolute Gasteiger partial charge is 0.463 e. The molecule has 0 saturated heterocycles. The van der Waals surface area contributed by atoms with Gasteiger partial charge in [-0.1, -0.05) is 80.9 Å². The summed E-state index contributed by atoms with van der Waals surface area (Å²) in [6.45, 7) is 8.85. The fraction of sp³-hybridized carbons (Fsp3) is 0.500. The molecule has 0 aliphatic heterocycles. The van der Waals surface area contributed by atoms with Crippen LogP contribution in [-0.4, -0.2) is 74.0 Å². The maximum Gasteiger partial charge on any atom is 0.335 e. The minimum atomic E-state index is -0.960. The zero-order chi connectivity index (χ0) is 34.5. The number of esters is 2. The molecule has 1 aliphatic carbocycles. The maximum atomic E-state index is 12.2. The molecule has 3 aromatic rings. The minimum absolute atomic E-state index is 0.00310. The number of carbonyl (C=O) groups excluding carboxylic acids is 2. The van der Waals surface area contributed by atoms with Crippen LogP contribution >= 0.6 is 0 Å². The van der Waals surface area contributed by atoms with Crippen molar-refractivity contribution in [2.75, 3.05) is 39.6 Å². The third-order valence-corrected chi connectivity index (χ3v) is 9.08. The Hall–Kier alpha value is -3.56. The Kier molecular flexibility index (Phi) is 14.2. The van der Waals surface area contributed by atoms with E-state index < -0.39 is 24.0 Å². The number of fused-ring (bicyclic) bond motifs is 1. The molecule has 1 saturated carbocycles. The van der Waals surface area contributed by atoms with E-state index in [1.54, 1.807) is 13.8 Å². The molecule has 8 nitrogen and oxygen atoms in total. The molecule has 0 aromatic heterocycles. The second-order valence-electron chi connectivity index (χ2n) is 13.4. The summed E-state index contributed by atoms with van der Waals surface area (Å²) in [7, 11) is 0. The van der Waals surface area contributed by atoms with E-state index >= 15 is 0 Å². The normalized spacial score (nSPS) is 18.1. The van der Waals surface area contributed by atoms with Crippen LogP contribution in [0.1, 0.15) is 76.3 Å². The summed E-state index contributed by atoms with van der Waals surface area (Å²) in [6, 6.07) is 22.2. The van der Waals surface area contributed by atoms with Crippen molar-refractivity contribution in [3.63, 3.8) is 0 Å². The smallest absolute Gasteiger partial charge is 0.335 e. The third-order valence-electron chi connectivity index (χ3n) is 9.08. The summed E-state index contributed by atoms with van der Waals surface area (Å²) in [6.07, 6.45) is 6.81. The summed E-state index contributed by atoms with van der Waals surface area (Å²) in [5, 5.41) is 21.0. The summed E-state index contributed by atoms with van der Waals surface area (Å²) in [5.74, 6) is -0.923. The first-order valence-electron chi connectivity index (χ1n) is 17.2. The van der Waals surface area contributed by atoms with Crippen molar-refractivity contribution in [1.82, 2.24) is 0 Å².